The fourth-order valence-corrected chi connectivity index (χ4v) is 3.35. The number of carbonyl (C=O) groups excluding carboxylic acids is 1. The van der Waals surface area contributed by atoms with Gasteiger partial charge in [0.05, 0.1) is 13.7 Å². The summed E-state index contributed by atoms with van der Waals surface area (Å²) in [6.07, 6.45) is 0.365. The lowest BCUT2D eigenvalue weighted by atomic mass is 9.84. The molecule has 2 aliphatic heterocycles. The summed E-state index contributed by atoms with van der Waals surface area (Å²) in [5.41, 5.74) is 2.79. The van der Waals surface area contributed by atoms with Crippen LogP contribution >= 0.6 is 0 Å². The lowest BCUT2D eigenvalue weighted by Gasteiger charge is -2.27. The molecule has 1 N–H and O–H groups in total. The van der Waals surface area contributed by atoms with Crippen molar-refractivity contribution in [2.24, 2.45) is 0 Å². The summed E-state index contributed by atoms with van der Waals surface area (Å²) in [4.78, 5) is 12.2. The van der Waals surface area contributed by atoms with Crippen LogP contribution in [0.25, 0.3) is 0 Å². The van der Waals surface area contributed by atoms with Crippen molar-refractivity contribution in [1.29, 1.82) is 0 Å². The number of benzene rings is 2. The Morgan fingerprint density at radius 3 is 2.92 bits per heavy atom. The van der Waals surface area contributed by atoms with Crippen molar-refractivity contribution in [2.75, 3.05) is 25.8 Å². The molecule has 0 saturated heterocycles. The van der Waals surface area contributed by atoms with Gasteiger partial charge in [-0.1, -0.05) is 6.07 Å². The van der Waals surface area contributed by atoms with E-state index >= 15 is 0 Å². The van der Waals surface area contributed by atoms with Gasteiger partial charge in [-0.15, -0.1) is 0 Å². The van der Waals surface area contributed by atoms with E-state index in [4.69, 9.17) is 18.9 Å². The van der Waals surface area contributed by atoms with Crippen LogP contribution in [-0.2, 0) is 4.79 Å². The summed E-state index contributed by atoms with van der Waals surface area (Å²) in [5.74, 6) is 2.51. The first-order chi connectivity index (χ1) is 12.2. The van der Waals surface area contributed by atoms with Crippen molar-refractivity contribution in [1.82, 2.24) is 0 Å². The maximum atomic E-state index is 12.2. The number of ether oxygens (including phenoxy) is 4. The van der Waals surface area contributed by atoms with Crippen molar-refractivity contribution in [3.8, 4) is 23.0 Å². The molecule has 4 rings (SSSR count). The second-order valence-corrected chi connectivity index (χ2v) is 5.94. The SMILES string of the molecule is CCOc1ccc2c(c1)NC(=O)CC2c1cc(OC)c2c(c1)OCO2. The molecule has 0 fully saturated rings. The van der Waals surface area contributed by atoms with Gasteiger partial charge in [0.15, 0.2) is 11.5 Å². The minimum Gasteiger partial charge on any atom is -0.494 e. The van der Waals surface area contributed by atoms with Crippen LogP contribution in [0.3, 0.4) is 0 Å². The number of methoxy groups -OCH3 is 1. The molecule has 2 aromatic rings. The van der Waals surface area contributed by atoms with Gasteiger partial charge in [-0.2, -0.15) is 0 Å². The van der Waals surface area contributed by atoms with Gasteiger partial charge < -0.3 is 24.3 Å². The smallest absolute Gasteiger partial charge is 0.231 e. The molecule has 0 aromatic heterocycles. The normalized spacial score (nSPS) is 17.7. The lowest BCUT2D eigenvalue weighted by molar-refractivity contribution is -0.116. The van der Waals surface area contributed by atoms with Gasteiger partial charge in [-0.05, 0) is 36.2 Å². The Morgan fingerprint density at radius 1 is 1.24 bits per heavy atom. The van der Waals surface area contributed by atoms with Gasteiger partial charge in [-0.3, -0.25) is 4.79 Å². The molecule has 0 bridgehead atoms. The van der Waals surface area contributed by atoms with Crippen molar-refractivity contribution in [3.63, 3.8) is 0 Å². The highest BCUT2D eigenvalue weighted by molar-refractivity contribution is 5.95. The maximum absolute atomic E-state index is 12.2. The molecule has 130 valence electrons. The molecule has 2 aromatic carbocycles. The van der Waals surface area contributed by atoms with Crippen molar-refractivity contribution in [2.45, 2.75) is 19.3 Å². The molecule has 6 nitrogen and oxygen atoms in total. The summed E-state index contributed by atoms with van der Waals surface area (Å²) in [5, 5.41) is 2.93. The number of rotatable bonds is 4. The molecule has 1 unspecified atom stereocenters. The third-order valence-electron chi connectivity index (χ3n) is 4.46. The highest BCUT2D eigenvalue weighted by atomic mass is 16.7. The molecular formula is C19H19NO5. The zero-order chi connectivity index (χ0) is 17.4. The Hall–Kier alpha value is -2.89. The third kappa shape index (κ3) is 2.73. The molecular weight excluding hydrogens is 322 g/mol. The highest BCUT2D eigenvalue weighted by Gasteiger charge is 2.30. The Kier molecular flexibility index (Phi) is 3.87. The fraction of sp³-hybridized carbons (Fsp3) is 0.316. The molecule has 2 aliphatic rings. The Morgan fingerprint density at radius 2 is 2.12 bits per heavy atom. The quantitative estimate of drug-likeness (QED) is 0.924. The molecule has 25 heavy (non-hydrogen) atoms. The molecule has 6 heteroatoms. The molecule has 1 amide bonds. The maximum Gasteiger partial charge on any atom is 0.231 e. The van der Waals surface area contributed by atoms with E-state index in [9.17, 15) is 4.79 Å². The second-order valence-electron chi connectivity index (χ2n) is 5.94. The Balaban J connectivity index is 1.78. The standard InChI is InChI=1S/C19H19NO5/c1-3-23-12-4-5-13-14(9-18(21)20-15(13)8-12)11-6-16(22-2)19-17(7-11)24-10-25-19/h4-8,14H,3,9-10H2,1-2H3,(H,20,21). The molecule has 0 aliphatic carbocycles. The summed E-state index contributed by atoms with van der Waals surface area (Å²) < 4.78 is 21.9. The van der Waals surface area contributed by atoms with Crippen LogP contribution in [0.2, 0.25) is 0 Å². The van der Waals surface area contributed by atoms with Crippen molar-refractivity contribution < 1.29 is 23.7 Å². The number of nitrogens with one attached hydrogen (secondary N) is 1. The minimum atomic E-state index is -0.0807. The van der Waals surface area contributed by atoms with E-state index in [2.05, 4.69) is 5.32 Å². The predicted octanol–water partition coefficient (Wildman–Crippen LogP) is 3.30. The van der Waals surface area contributed by atoms with Crippen LogP contribution in [0, 0.1) is 0 Å². The number of hydrogen-bond acceptors (Lipinski definition) is 5. The summed E-state index contributed by atoms with van der Waals surface area (Å²) >= 11 is 0. The van der Waals surface area contributed by atoms with E-state index < -0.39 is 0 Å². The average Bonchev–Trinajstić information content (AvgIpc) is 3.08. The number of amides is 1. The zero-order valence-electron chi connectivity index (χ0n) is 14.1. The van der Waals surface area contributed by atoms with Gasteiger partial charge in [0.25, 0.3) is 0 Å². The van der Waals surface area contributed by atoms with Gasteiger partial charge in [-0.25, -0.2) is 0 Å². The van der Waals surface area contributed by atoms with Gasteiger partial charge in [0.2, 0.25) is 18.4 Å². The number of carbonyl (C=O) groups is 1. The van der Waals surface area contributed by atoms with E-state index in [1.807, 2.05) is 37.3 Å². The Bertz CT molecular complexity index is 833. The third-order valence-corrected chi connectivity index (χ3v) is 4.46. The first-order valence-electron chi connectivity index (χ1n) is 8.23. The van der Waals surface area contributed by atoms with Crippen LogP contribution in [0.1, 0.15) is 30.4 Å². The Labute approximate surface area is 145 Å². The first-order valence-corrected chi connectivity index (χ1v) is 8.23. The first kappa shape index (κ1) is 15.6. The largest absolute Gasteiger partial charge is 0.494 e. The number of hydrogen-bond donors (Lipinski definition) is 1. The summed E-state index contributed by atoms with van der Waals surface area (Å²) in [7, 11) is 1.59. The van der Waals surface area contributed by atoms with E-state index in [-0.39, 0.29) is 18.6 Å². The average molecular weight is 341 g/mol. The van der Waals surface area contributed by atoms with Crippen molar-refractivity contribution in [3.05, 3.63) is 41.5 Å². The van der Waals surface area contributed by atoms with Crippen LogP contribution in [0.15, 0.2) is 30.3 Å². The minimum absolute atomic E-state index is 0.0252. The monoisotopic (exact) mass is 341 g/mol. The molecule has 0 spiro atoms. The van der Waals surface area contributed by atoms with Gasteiger partial charge >= 0.3 is 0 Å². The number of anilines is 1. The lowest BCUT2D eigenvalue weighted by Crippen LogP contribution is -2.23. The molecule has 1 atom stereocenters. The van der Waals surface area contributed by atoms with E-state index in [1.54, 1.807) is 7.11 Å². The van der Waals surface area contributed by atoms with Crippen LogP contribution in [0.4, 0.5) is 5.69 Å². The van der Waals surface area contributed by atoms with E-state index in [1.165, 1.54) is 0 Å². The highest BCUT2D eigenvalue weighted by Crippen LogP contribution is 2.46. The van der Waals surface area contributed by atoms with Crippen LogP contribution in [-0.4, -0.2) is 26.4 Å². The van der Waals surface area contributed by atoms with Gasteiger partial charge in [0.1, 0.15) is 5.75 Å². The predicted molar refractivity (Wildman–Crippen MR) is 91.8 cm³/mol. The topological polar surface area (TPSA) is 66.0 Å². The second kappa shape index (κ2) is 6.20. The van der Waals surface area contributed by atoms with E-state index in [0.29, 0.717) is 30.3 Å². The summed E-state index contributed by atoms with van der Waals surface area (Å²) in [6, 6.07) is 9.64. The van der Waals surface area contributed by atoms with Crippen LogP contribution < -0.4 is 24.3 Å². The number of fused-ring (bicyclic) bond motifs is 2. The fourth-order valence-electron chi connectivity index (χ4n) is 3.35. The van der Waals surface area contributed by atoms with Crippen LogP contribution in [0.5, 0.6) is 23.0 Å². The molecule has 0 saturated carbocycles. The zero-order valence-corrected chi connectivity index (χ0v) is 14.1. The van der Waals surface area contributed by atoms with E-state index in [0.717, 1.165) is 22.6 Å². The van der Waals surface area contributed by atoms with Crippen molar-refractivity contribution >= 4 is 11.6 Å². The van der Waals surface area contributed by atoms with Gasteiger partial charge in [0, 0.05) is 24.1 Å². The molecule has 2 heterocycles. The summed E-state index contributed by atoms with van der Waals surface area (Å²) in [6.45, 7) is 2.68. The molecule has 0 radical (unpaired) electrons.